The summed E-state index contributed by atoms with van der Waals surface area (Å²) in [4.78, 5) is 11.5. The summed E-state index contributed by atoms with van der Waals surface area (Å²) >= 11 is 0. The first kappa shape index (κ1) is 29.4. The van der Waals surface area contributed by atoms with Gasteiger partial charge in [-0.25, -0.2) is 0 Å². The average Bonchev–Trinajstić information content (AvgIpc) is 2.64. The van der Waals surface area contributed by atoms with E-state index in [0.717, 1.165) is 5.56 Å². The molecule has 23 heavy (non-hydrogen) atoms. The first-order valence-corrected chi connectivity index (χ1v) is 5.80. The van der Waals surface area contributed by atoms with E-state index in [4.69, 9.17) is 18.7 Å². The van der Waals surface area contributed by atoms with Gasteiger partial charge in [-0.3, -0.25) is 4.79 Å². The van der Waals surface area contributed by atoms with Gasteiger partial charge in [0.05, 0.1) is 13.0 Å². The molecule has 0 N–H and O–H groups in total. The molecular weight excluding hydrogens is 340 g/mol. The summed E-state index contributed by atoms with van der Waals surface area (Å²) in [5.41, 5.74) is 1.12. The van der Waals surface area contributed by atoms with Crippen molar-refractivity contribution >= 4 is 5.97 Å². The fraction of sp³-hybridized carbons (Fsp3) is 0.176. The van der Waals surface area contributed by atoms with Crippen LogP contribution in [0.5, 0.6) is 0 Å². The first-order chi connectivity index (χ1) is 10.8. The van der Waals surface area contributed by atoms with Crippen LogP contribution in [0, 0.1) is 52.1 Å². The van der Waals surface area contributed by atoms with Crippen LogP contribution in [0.25, 0.3) is 0 Å². The van der Waals surface area contributed by atoms with E-state index in [9.17, 15) is 4.79 Å². The molecular formula is C17H16FeO5. The normalized spacial score (nSPS) is 8.70. The predicted molar refractivity (Wildman–Crippen MR) is 75.7 cm³/mol. The molecule has 0 spiro atoms. The Kier molecular flexibility index (Phi) is 32.5. The van der Waals surface area contributed by atoms with Gasteiger partial charge in [0.1, 0.15) is 0 Å². The Balaban J connectivity index is -0.000000231. The van der Waals surface area contributed by atoms with Gasteiger partial charge < -0.3 is 4.74 Å². The van der Waals surface area contributed by atoms with Crippen LogP contribution < -0.4 is 0 Å². The number of ether oxygens (including phenoxy) is 1. The molecule has 1 aromatic carbocycles. The molecule has 4 radical (unpaired) electrons. The second-order valence-corrected chi connectivity index (χ2v) is 3.44. The Hall–Kier alpha value is -1.57. The van der Waals surface area contributed by atoms with Gasteiger partial charge in [0.2, 0.25) is 0 Å². The number of hydrogen-bond acceptors (Lipinski definition) is 2. The molecule has 0 heterocycles. The van der Waals surface area contributed by atoms with E-state index >= 15 is 0 Å². The zero-order chi connectivity index (χ0) is 17.8. The quantitative estimate of drug-likeness (QED) is 0.339. The number of carbonyl (C=O) groups excluding carboxylic acids is 1. The summed E-state index contributed by atoms with van der Waals surface area (Å²) in [6.07, 6.45) is 5.88. The van der Waals surface area contributed by atoms with Crippen LogP contribution in [-0.2, 0) is 47.0 Å². The van der Waals surface area contributed by atoms with Gasteiger partial charge in [-0.15, -0.1) is 0 Å². The molecule has 0 aliphatic rings. The van der Waals surface area contributed by atoms with E-state index in [0.29, 0.717) is 6.42 Å². The Bertz CT molecular complexity index is 411. The summed E-state index contributed by atoms with van der Waals surface area (Å²) in [7, 11) is 1.40. The first-order valence-electron chi connectivity index (χ1n) is 5.80. The fourth-order valence-corrected chi connectivity index (χ4v) is 1.46. The van der Waals surface area contributed by atoms with E-state index in [1.54, 1.807) is 12.8 Å². The van der Waals surface area contributed by atoms with Crippen molar-refractivity contribution in [2.24, 2.45) is 5.92 Å². The third-order valence-corrected chi connectivity index (χ3v) is 2.28. The van der Waals surface area contributed by atoms with Gasteiger partial charge in [-0.1, -0.05) is 30.3 Å². The van der Waals surface area contributed by atoms with Gasteiger partial charge in [-0.05, 0) is 38.2 Å². The molecule has 122 valence electrons. The van der Waals surface area contributed by atoms with Crippen LogP contribution in [0.15, 0.2) is 30.3 Å². The van der Waals surface area contributed by atoms with Crippen molar-refractivity contribution in [3.05, 3.63) is 82.0 Å². The molecule has 0 amide bonds. The molecule has 0 unspecified atom stereocenters. The third-order valence-electron chi connectivity index (χ3n) is 2.28. The Morgan fingerprint density at radius 2 is 1.65 bits per heavy atom. The van der Waals surface area contributed by atoms with Crippen LogP contribution in [0.4, 0.5) is 0 Å². The molecule has 0 aliphatic heterocycles. The van der Waals surface area contributed by atoms with Gasteiger partial charge in [-0.2, -0.15) is 0 Å². The van der Waals surface area contributed by atoms with E-state index in [1.165, 1.54) is 7.11 Å². The van der Waals surface area contributed by atoms with E-state index in [1.807, 2.05) is 36.8 Å². The summed E-state index contributed by atoms with van der Waals surface area (Å²) in [5, 5.41) is 0. The Labute approximate surface area is 148 Å². The maximum atomic E-state index is 11.5. The molecule has 6 heteroatoms. The van der Waals surface area contributed by atoms with Gasteiger partial charge in [0, 0.05) is 17.1 Å². The topological polar surface area (TPSA) is 86.0 Å². The molecule has 0 aliphatic carbocycles. The Morgan fingerprint density at radius 1 is 1.17 bits per heavy atom. The fourth-order valence-electron chi connectivity index (χ4n) is 1.46. The maximum absolute atomic E-state index is 11.5. The summed E-state index contributed by atoms with van der Waals surface area (Å²) < 4.78 is 27.3. The number of rotatable bonds is 6. The number of unbranched alkanes of at least 4 members (excludes halogenated alkanes) is 1. The van der Waals surface area contributed by atoms with Gasteiger partial charge in [0.25, 0.3) is 0 Å². The molecule has 1 atom stereocenters. The molecule has 1 rings (SSSR count). The van der Waals surface area contributed by atoms with E-state index < -0.39 is 0 Å². The minimum Gasteiger partial charge on any atom is -0.469 e. The summed E-state index contributed by atoms with van der Waals surface area (Å²) in [6.45, 7) is 17.1. The van der Waals surface area contributed by atoms with Crippen LogP contribution >= 0.6 is 0 Å². The van der Waals surface area contributed by atoms with Crippen molar-refractivity contribution in [3.63, 3.8) is 0 Å². The molecule has 0 bridgehead atoms. The second-order valence-electron chi connectivity index (χ2n) is 3.44. The minimum atomic E-state index is -0.245. The number of carbonyl (C=O) groups is 1. The third kappa shape index (κ3) is 16.6. The minimum absolute atomic E-state index is 0. The van der Waals surface area contributed by atoms with E-state index in [2.05, 4.69) is 26.9 Å². The molecule has 0 saturated heterocycles. The predicted octanol–water partition coefficient (Wildman–Crippen LogP) is 2.35. The maximum Gasteiger partial charge on any atom is 0.309 e. The zero-order valence-corrected chi connectivity index (χ0v) is 13.6. The van der Waals surface area contributed by atoms with E-state index in [-0.39, 0.29) is 29.0 Å². The number of benzene rings is 1. The van der Waals surface area contributed by atoms with Crippen LogP contribution in [-0.4, -0.2) is 13.1 Å². The van der Waals surface area contributed by atoms with Gasteiger partial charge in [0.15, 0.2) is 0 Å². The average molecular weight is 356 g/mol. The van der Waals surface area contributed by atoms with Crippen molar-refractivity contribution in [2.45, 2.75) is 6.42 Å². The molecule has 0 fully saturated rings. The second kappa shape index (κ2) is 25.4. The smallest absolute Gasteiger partial charge is 0.309 e. The molecule has 1 aromatic rings. The van der Waals surface area contributed by atoms with Crippen molar-refractivity contribution in [1.82, 2.24) is 0 Å². The molecule has 5 nitrogen and oxygen atoms in total. The van der Waals surface area contributed by atoms with Crippen molar-refractivity contribution in [3.8, 4) is 0 Å². The standard InChI is InChI=1S/C14H16O2.3CO.Fe/c1-3-4-10-13(14(15)16-2)11-12-8-6-5-7-9-12;3*1-2;/h3-10,13H,1,11H2,2H3;;;;/t13-;;;;/m0..../s1. The molecule has 0 aromatic heterocycles. The van der Waals surface area contributed by atoms with Gasteiger partial charge >= 0.3 is 39.9 Å². The van der Waals surface area contributed by atoms with Crippen LogP contribution in [0.2, 0.25) is 0 Å². The zero-order valence-electron chi connectivity index (χ0n) is 12.5. The van der Waals surface area contributed by atoms with Crippen molar-refractivity contribution in [1.29, 1.82) is 0 Å². The summed E-state index contributed by atoms with van der Waals surface area (Å²) in [6, 6.07) is 9.87. The monoisotopic (exact) mass is 356 g/mol. The van der Waals surface area contributed by atoms with Crippen molar-refractivity contribution < 1.29 is 40.6 Å². The number of hydrogen-bond donors (Lipinski definition) is 0. The SMILES string of the molecule is [C-]#[O+].[C-]#[O+].[C-]#[O+].[CH2][CH][CH][CH][C@@H](Cc1ccccc1)C(=O)OC.[Fe]. The van der Waals surface area contributed by atoms with Crippen LogP contribution in [0.3, 0.4) is 0 Å². The number of esters is 1. The Morgan fingerprint density at radius 3 is 2.04 bits per heavy atom. The largest absolute Gasteiger partial charge is 0.469 e. The van der Waals surface area contributed by atoms with Crippen LogP contribution in [0.1, 0.15) is 5.56 Å². The number of methoxy groups -OCH3 is 1. The molecule has 0 saturated carbocycles. The summed E-state index contributed by atoms with van der Waals surface area (Å²) in [5.74, 6) is -0.465. The van der Waals surface area contributed by atoms with Crippen molar-refractivity contribution in [2.75, 3.05) is 7.11 Å².